The van der Waals surface area contributed by atoms with Crippen LogP contribution in [-0.2, 0) is 0 Å². The SMILES string of the molecule is COc1cc(N2CCC(N(C)C)C2)ccc1Nc1ncc(Br)c(Nc2ccc3nccnc3c2N(C)SC)n1. The molecule has 4 aromatic rings. The van der Waals surface area contributed by atoms with Gasteiger partial charge in [0.1, 0.15) is 17.1 Å². The van der Waals surface area contributed by atoms with Gasteiger partial charge in [-0.3, -0.25) is 9.97 Å². The van der Waals surface area contributed by atoms with E-state index < -0.39 is 0 Å². The number of rotatable bonds is 9. The van der Waals surface area contributed by atoms with Crippen LogP contribution in [0, 0.1) is 0 Å². The Labute approximate surface area is 241 Å². The van der Waals surface area contributed by atoms with E-state index in [0.29, 0.717) is 17.8 Å². The molecule has 1 saturated heterocycles. The molecule has 1 aliphatic rings. The normalized spacial score (nSPS) is 15.2. The quantitative estimate of drug-likeness (QED) is 0.234. The summed E-state index contributed by atoms with van der Waals surface area (Å²) in [6.07, 6.45) is 8.29. The number of halogens is 1. The Morgan fingerprint density at radius 2 is 1.85 bits per heavy atom. The maximum atomic E-state index is 5.74. The topological polar surface area (TPSA) is 94.6 Å². The Balaban J connectivity index is 1.40. The van der Waals surface area contributed by atoms with E-state index in [9.17, 15) is 0 Å². The fourth-order valence-corrected chi connectivity index (χ4v) is 5.33. The summed E-state index contributed by atoms with van der Waals surface area (Å²) in [7, 11) is 7.96. The second-order valence-electron chi connectivity index (χ2n) is 9.44. The molecule has 1 aliphatic heterocycles. The van der Waals surface area contributed by atoms with E-state index in [4.69, 9.17) is 9.72 Å². The molecule has 2 N–H and O–H groups in total. The molecule has 0 amide bonds. The van der Waals surface area contributed by atoms with Crippen LogP contribution >= 0.6 is 27.9 Å². The molecule has 1 fully saturated rings. The van der Waals surface area contributed by atoms with Crippen molar-refractivity contribution in [3.05, 3.63) is 53.4 Å². The monoisotopic (exact) mass is 609 g/mol. The van der Waals surface area contributed by atoms with Crippen molar-refractivity contribution in [3.8, 4) is 5.75 Å². The molecule has 5 rings (SSSR count). The van der Waals surface area contributed by atoms with Crippen LogP contribution in [0.15, 0.2) is 53.4 Å². The minimum absolute atomic E-state index is 0.445. The van der Waals surface area contributed by atoms with E-state index in [1.165, 1.54) is 0 Å². The van der Waals surface area contributed by atoms with Gasteiger partial charge in [0.05, 0.1) is 34.2 Å². The largest absolute Gasteiger partial charge is 0.494 e. The van der Waals surface area contributed by atoms with Gasteiger partial charge in [-0.15, -0.1) is 0 Å². The van der Waals surface area contributed by atoms with Crippen LogP contribution in [0.25, 0.3) is 11.0 Å². The van der Waals surface area contributed by atoms with Crippen molar-refractivity contribution in [1.82, 2.24) is 24.8 Å². The molecule has 204 valence electrons. The molecule has 10 nitrogen and oxygen atoms in total. The first-order valence-corrected chi connectivity index (χ1v) is 14.5. The summed E-state index contributed by atoms with van der Waals surface area (Å²) in [6, 6.07) is 10.7. The number of nitrogens with zero attached hydrogens (tertiary/aromatic N) is 7. The zero-order valence-electron chi connectivity index (χ0n) is 22.6. The third kappa shape index (κ3) is 5.82. The van der Waals surface area contributed by atoms with Crippen LogP contribution in [0.3, 0.4) is 0 Å². The number of likely N-dealkylation sites (N-methyl/N-ethyl adjacent to an activating group) is 1. The third-order valence-electron chi connectivity index (χ3n) is 6.89. The van der Waals surface area contributed by atoms with Gasteiger partial charge in [-0.25, -0.2) is 4.98 Å². The number of nitrogens with one attached hydrogen (secondary N) is 2. The lowest BCUT2D eigenvalue weighted by molar-refractivity contribution is 0.315. The molecular weight excluding hydrogens is 578 g/mol. The number of methoxy groups -OCH3 is 1. The van der Waals surface area contributed by atoms with Crippen molar-refractivity contribution >= 4 is 73.4 Å². The highest BCUT2D eigenvalue weighted by molar-refractivity contribution is 9.10. The summed E-state index contributed by atoms with van der Waals surface area (Å²) in [4.78, 5) is 23.0. The minimum Gasteiger partial charge on any atom is -0.494 e. The van der Waals surface area contributed by atoms with Crippen molar-refractivity contribution < 1.29 is 4.74 Å². The van der Waals surface area contributed by atoms with Crippen molar-refractivity contribution in [1.29, 1.82) is 0 Å². The molecular formula is C27H32BrN9OS. The molecule has 0 radical (unpaired) electrons. The second-order valence-corrected chi connectivity index (χ2v) is 11.2. The van der Waals surface area contributed by atoms with Gasteiger partial charge in [0.2, 0.25) is 5.95 Å². The van der Waals surface area contributed by atoms with E-state index in [2.05, 4.69) is 81.8 Å². The Bertz CT molecular complexity index is 1470. The zero-order chi connectivity index (χ0) is 27.5. The van der Waals surface area contributed by atoms with E-state index in [-0.39, 0.29) is 0 Å². The predicted molar refractivity (Wildman–Crippen MR) is 165 cm³/mol. The van der Waals surface area contributed by atoms with Gasteiger partial charge >= 0.3 is 0 Å². The first-order valence-electron chi connectivity index (χ1n) is 12.6. The van der Waals surface area contributed by atoms with Crippen LogP contribution < -0.4 is 24.6 Å². The van der Waals surface area contributed by atoms with Gasteiger partial charge in [-0.2, -0.15) is 4.98 Å². The minimum atomic E-state index is 0.445. The van der Waals surface area contributed by atoms with Gasteiger partial charge in [-0.1, -0.05) is 11.9 Å². The molecule has 0 saturated carbocycles. The van der Waals surface area contributed by atoms with Gasteiger partial charge < -0.3 is 29.5 Å². The molecule has 0 bridgehead atoms. The van der Waals surface area contributed by atoms with Crippen LogP contribution in [-0.4, -0.2) is 78.5 Å². The van der Waals surface area contributed by atoms with Crippen LogP contribution in [0.1, 0.15) is 6.42 Å². The third-order valence-corrected chi connectivity index (χ3v) is 8.20. The molecule has 39 heavy (non-hydrogen) atoms. The Morgan fingerprint density at radius 3 is 2.59 bits per heavy atom. The van der Waals surface area contributed by atoms with E-state index in [1.54, 1.807) is 37.6 Å². The van der Waals surface area contributed by atoms with Crippen molar-refractivity contribution in [3.63, 3.8) is 0 Å². The summed E-state index contributed by atoms with van der Waals surface area (Å²) < 4.78 is 8.53. The summed E-state index contributed by atoms with van der Waals surface area (Å²) in [5.41, 5.74) is 5.34. The highest BCUT2D eigenvalue weighted by atomic mass is 79.9. The Hall–Kier alpha value is -3.35. The lowest BCUT2D eigenvalue weighted by atomic mass is 10.2. The molecule has 12 heteroatoms. The highest BCUT2D eigenvalue weighted by Gasteiger charge is 2.25. The Morgan fingerprint density at radius 1 is 1.05 bits per heavy atom. The first kappa shape index (κ1) is 27.2. The molecule has 2 aromatic carbocycles. The maximum absolute atomic E-state index is 5.74. The summed E-state index contributed by atoms with van der Waals surface area (Å²) in [5.74, 6) is 1.80. The summed E-state index contributed by atoms with van der Waals surface area (Å²) >= 11 is 5.19. The van der Waals surface area contributed by atoms with E-state index >= 15 is 0 Å². The van der Waals surface area contributed by atoms with Gasteiger partial charge in [-0.05, 0) is 60.7 Å². The average molecular weight is 611 g/mol. The van der Waals surface area contributed by atoms with Crippen molar-refractivity contribution in [2.75, 3.05) is 67.4 Å². The number of hydrogen-bond acceptors (Lipinski definition) is 11. The number of hydrogen-bond donors (Lipinski definition) is 2. The van der Waals surface area contributed by atoms with Crippen LogP contribution in [0.4, 0.5) is 34.5 Å². The number of anilines is 6. The van der Waals surface area contributed by atoms with E-state index in [0.717, 1.165) is 63.5 Å². The highest BCUT2D eigenvalue weighted by Crippen LogP contribution is 2.38. The number of fused-ring (bicyclic) bond motifs is 1. The van der Waals surface area contributed by atoms with Gasteiger partial charge in [0, 0.05) is 62.8 Å². The maximum Gasteiger partial charge on any atom is 0.229 e. The van der Waals surface area contributed by atoms with E-state index in [1.807, 2.05) is 31.5 Å². The van der Waals surface area contributed by atoms with Crippen molar-refractivity contribution in [2.45, 2.75) is 12.5 Å². The first-order chi connectivity index (χ1) is 18.9. The Kier molecular flexibility index (Phi) is 8.24. The average Bonchev–Trinajstić information content (AvgIpc) is 3.45. The van der Waals surface area contributed by atoms with Crippen LogP contribution in [0.5, 0.6) is 5.75 Å². The molecule has 2 aromatic heterocycles. The summed E-state index contributed by atoms with van der Waals surface area (Å²) in [5, 5.41) is 6.79. The standard InChI is InChI=1S/C27H32BrN9OS/c1-35(2)18-10-13-37(16-18)17-6-7-20(23(14-17)38-4)33-27-31-15-19(28)26(34-27)32-22-9-8-21-24(30-12-11-29-21)25(22)36(3)39-5/h6-9,11-12,14-15,18H,10,13,16H2,1-5H3,(H2,31,32,33,34). The lowest BCUT2D eigenvalue weighted by Gasteiger charge is -2.23. The molecule has 1 unspecified atom stereocenters. The molecule has 0 aliphatic carbocycles. The lowest BCUT2D eigenvalue weighted by Crippen LogP contribution is -2.31. The number of ether oxygens (including phenoxy) is 1. The van der Waals surface area contributed by atoms with Crippen molar-refractivity contribution in [2.24, 2.45) is 0 Å². The molecule has 1 atom stereocenters. The fraction of sp³-hybridized carbons (Fsp3) is 0.333. The molecule has 0 spiro atoms. The van der Waals surface area contributed by atoms with Crippen LogP contribution in [0.2, 0.25) is 0 Å². The van der Waals surface area contributed by atoms with Gasteiger partial charge in [0.25, 0.3) is 0 Å². The smallest absolute Gasteiger partial charge is 0.229 e. The fourth-order valence-electron chi connectivity index (χ4n) is 4.67. The predicted octanol–water partition coefficient (Wildman–Crippen LogP) is 5.53. The zero-order valence-corrected chi connectivity index (χ0v) is 25.0. The van der Waals surface area contributed by atoms with Gasteiger partial charge in [0.15, 0.2) is 0 Å². The summed E-state index contributed by atoms with van der Waals surface area (Å²) in [6.45, 7) is 2.03. The number of benzene rings is 2. The number of aromatic nitrogens is 4. The second kappa shape index (κ2) is 11.8. The molecule has 3 heterocycles.